The highest BCUT2D eigenvalue weighted by atomic mass is 16.5. The van der Waals surface area contributed by atoms with Crippen LogP contribution in [0.3, 0.4) is 0 Å². The van der Waals surface area contributed by atoms with Crippen LogP contribution in [0.1, 0.15) is 48.2 Å². The van der Waals surface area contributed by atoms with Crippen LogP contribution in [0.4, 0.5) is 11.4 Å². The van der Waals surface area contributed by atoms with Crippen molar-refractivity contribution in [3.63, 3.8) is 0 Å². The third kappa shape index (κ3) is 6.39. The van der Waals surface area contributed by atoms with Gasteiger partial charge in [0.2, 0.25) is 11.9 Å². The fraction of sp³-hybridized carbons (Fsp3) is 0.375. The molecule has 2 amide bonds. The molecule has 1 fully saturated rings. The van der Waals surface area contributed by atoms with Crippen molar-refractivity contribution in [1.82, 2.24) is 5.32 Å². The van der Waals surface area contributed by atoms with Gasteiger partial charge in [-0.15, -0.1) is 0 Å². The molecule has 0 unspecified atom stereocenters. The van der Waals surface area contributed by atoms with E-state index in [0.29, 0.717) is 23.8 Å². The molecule has 2 aromatic rings. The zero-order valence-corrected chi connectivity index (χ0v) is 18.3. The molecule has 3 N–H and O–H groups in total. The van der Waals surface area contributed by atoms with E-state index in [1.54, 1.807) is 12.1 Å². The summed E-state index contributed by atoms with van der Waals surface area (Å²) in [7, 11) is 0. The Hall–Kier alpha value is -3.19. The minimum absolute atomic E-state index is 0.0702. The summed E-state index contributed by atoms with van der Waals surface area (Å²) >= 11 is 0. The number of carbonyl (C=O) groups excluding carboxylic acids is 2. The molecule has 0 radical (unpaired) electrons. The van der Waals surface area contributed by atoms with Crippen LogP contribution in [0.25, 0.3) is 0 Å². The number of amides is 2. The van der Waals surface area contributed by atoms with Gasteiger partial charge in [0.25, 0.3) is 5.91 Å². The molecular formula is C24H30N4O3. The summed E-state index contributed by atoms with van der Waals surface area (Å²) in [5.41, 5.74) is 3.96. The molecule has 0 saturated carbocycles. The lowest BCUT2D eigenvalue weighted by Crippen LogP contribution is -2.37. The summed E-state index contributed by atoms with van der Waals surface area (Å²) in [6, 6.07) is 13.2. The van der Waals surface area contributed by atoms with Crippen molar-refractivity contribution < 1.29 is 14.3 Å². The SMILES string of the molecule is CCc1ccccc1NC(=NC[C@H]1CCCO1)NC(=O)c1ccc(C)c(NC(C)=O)c1. The first kappa shape index (κ1) is 22.5. The topological polar surface area (TPSA) is 91.8 Å². The Balaban J connectivity index is 1.81. The number of nitrogens with one attached hydrogen (secondary N) is 3. The van der Waals surface area contributed by atoms with E-state index in [4.69, 9.17) is 4.74 Å². The van der Waals surface area contributed by atoms with E-state index in [2.05, 4.69) is 27.9 Å². The van der Waals surface area contributed by atoms with Crippen molar-refractivity contribution in [2.24, 2.45) is 4.99 Å². The van der Waals surface area contributed by atoms with Crippen LogP contribution in [0, 0.1) is 6.92 Å². The summed E-state index contributed by atoms with van der Waals surface area (Å²) in [5, 5.41) is 8.92. The van der Waals surface area contributed by atoms with Gasteiger partial charge in [0.1, 0.15) is 0 Å². The molecule has 7 heteroatoms. The van der Waals surface area contributed by atoms with Crippen molar-refractivity contribution in [2.45, 2.75) is 46.1 Å². The number of carbonyl (C=O) groups is 2. The van der Waals surface area contributed by atoms with E-state index in [-0.39, 0.29) is 17.9 Å². The quantitative estimate of drug-likeness (QED) is 0.486. The number of hydrogen-bond donors (Lipinski definition) is 3. The van der Waals surface area contributed by atoms with E-state index < -0.39 is 0 Å². The smallest absolute Gasteiger partial charge is 0.258 e. The predicted octanol–water partition coefficient (Wildman–Crippen LogP) is 3.89. The minimum atomic E-state index is -0.306. The van der Waals surface area contributed by atoms with Gasteiger partial charge in [-0.2, -0.15) is 0 Å². The number of guanidine groups is 1. The van der Waals surface area contributed by atoms with Crippen LogP contribution >= 0.6 is 0 Å². The molecule has 3 rings (SSSR count). The molecule has 1 aliphatic rings. The van der Waals surface area contributed by atoms with Crippen LogP contribution in [-0.4, -0.2) is 37.0 Å². The Morgan fingerprint density at radius 3 is 2.65 bits per heavy atom. The molecule has 0 aliphatic carbocycles. The van der Waals surface area contributed by atoms with Crippen LogP contribution in [0.2, 0.25) is 0 Å². The molecule has 164 valence electrons. The largest absolute Gasteiger partial charge is 0.376 e. The van der Waals surface area contributed by atoms with Crippen molar-refractivity contribution >= 4 is 29.1 Å². The molecule has 0 bridgehead atoms. The van der Waals surface area contributed by atoms with E-state index in [9.17, 15) is 9.59 Å². The summed E-state index contributed by atoms with van der Waals surface area (Å²) in [4.78, 5) is 29.0. The Morgan fingerprint density at radius 2 is 1.94 bits per heavy atom. The summed E-state index contributed by atoms with van der Waals surface area (Å²) in [5.74, 6) is -0.112. The van der Waals surface area contributed by atoms with E-state index >= 15 is 0 Å². The van der Waals surface area contributed by atoms with Crippen LogP contribution in [-0.2, 0) is 16.0 Å². The van der Waals surface area contributed by atoms with E-state index in [1.165, 1.54) is 6.92 Å². The maximum Gasteiger partial charge on any atom is 0.258 e. The van der Waals surface area contributed by atoms with Gasteiger partial charge in [-0.25, -0.2) is 4.99 Å². The van der Waals surface area contributed by atoms with Crippen molar-refractivity contribution in [3.05, 3.63) is 59.2 Å². The second kappa shape index (κ2) is 10.7. The molecule has 1 saturated heterocycles. The summed E-state index contributed by atoms with van der Waals surface area (Å²) in [6.07, 6.45) is 2.92. The average Bonchev–Trinajstić information content (AvgIpc) is 3.27. The second-order valence-electron chi connectivity index (χ2n) is 7.63. The highest BCUT2D eigenvalue weighted by molar-refractivity contribution is 6.10. The molecule has 1 heterocycles. The number of aryl methyl sites for hydroxylation is 2. The zero-order valence-electron chi connectivity index (χ0n) is 18.3. The van der Waals surface area contributed by atoms with Gasteiger partial charge in [0.15, 0.2) is 0 Å². The van der Waals surface area contributed by atoms with Crippen LogP contribution in [0.15, 0.2) is 47.5 Å². The Bertz CT molecular complexity index is 965. The molecule has 31 heavy (non-hydrogen) atoms. The monoisotopic (exact) mass is 422 g/mol. The number of benzene rings is 2. The lowest BCUT2D eigenvalue weighted by Gasteiger charge is -2.16. The summed E-state index contributed by atoms with van der Waals surface area (Å²) < 4.78 is 5.67. The van der Waals surface area contributed by atoms with Crippen molar-refractivity contribution in [1.29, 1.82) is 0 Å². The zero-order chi connectivity index (χ0) is 22.2. The highest BCUT2D eigenvalue weighted by Gasteiger charge is 2.17. The number of aliphatic imine (C=N–C) groups is 1. The third-order valence-electron chi connectivity index (χ3n) is 5.17. The van der Waals surface area contributed by atoms with Gasteiger partial charge in [0, 0.05) is 30.5 Å². The number of nitrogens with zero attached hydrogens (tertiary/aromatic N) is 1. The molecule has 0 spiro atoms. The standard InChI is InChI=1S/C24H30N4O3/c1-4-18-8-5-6-10-21(18)27-24(25-15-20-9-7-13-31-20)28-23(30)19-12-11-16(2)22(14-19)26-17(3)29/h5-6,8,10-12,14,20H,4,7,9,13,15H2,1-3H3,(H,26,29)(H2,25,27,28,30)/t20-/m1/s1. The predicted molar refractivity (Wildman–Crippen MR) is 124 cm³/mol. The number of rotatable bonds is 6. The number of para-hydroxylation sites is 1. The molecule has 1 aliphatic heterocycles. The normalized spacial score (nSPS) is 16.1. The Kier molecular flexibility index (Phi) is 7.78. The lowest BCUT2D eigenvalue weighted by molar-refractivity contribution is -0.114. The molecular weight excluding hydrogens is 392 g/mol. The maximum absolute atomic E-state index is 13.0. The number of ether oxygens (including phenoxy) is 1. The second-order valence-corrected chi connectivity index (χ2v) is 7.63. The van der Waals surface area contributed by atoms with Gasteiger partial charge in [-0.3, -0.25) is 14.9 Å². The van der Waals surface area contributed by atoms with Gasteiger partial charge >= 0.3 is 0 Å². The Labute approximate surface area is 183 Å². The van der Waals surface area contributed by atoms with E-state index in [1.807, 2.05) is 37.3 Å². The first-order valence-corrected chi connectivity index (χ1v) is 10.7. The van der Waals surface area contributed by atoms with Crippen LogP contribution in [0.5, 0.6) is 0 Å². The highest BCUT2D eigenvalue weighted by Crippen LogP contribution is 2.18. The average molecular weight is 423 g/mol. The van der Waals surface area contributed by atoms with Crippen molar-refractivity contribution in [2.75, 3.05) is 23.8 Å². The van der Waals surface area contributed by atoms with Gasteiger partial charge in [0.05, 0.1) is 12.6 Å². The van der Waals surface area contributed by atoms with Crippen molar-refractivity contribution in [3.8, 4) is 0 Å². The first-order valence-electron chi connectivity index (χ1n) is 10.7. The molecule has 0 aromatic heterocycles. The molecule has 7 nitrogen and oxygen atoms in total. The van der Waals surface area contributed by atoms with Gasteiger partial charge in [-0.1, -0.05) is 31.2 Å². The van der Waals surface area contributed by atoms with Gasteiger partial charge in [-0.05, 0) is 55.5 Å². The fourth-order valence-corrected chi connectivity index (χ4v) is 3.44. The minimum Gasteiger partial charge on any atom is -0.376 e. The number of hydrogen-bond acceptors (Lipinski definition) is 4. The first-order chi connectivity index (χ1) is 15.0. The summed E-state index contributed by atoms with van der Waals surface area (Å²) in [6.45, 7) is 6.63. The molecule has 1 atom stereocenters. The number of anilines is 2. The molecule has 2 aromatic carbocycles. The van der Waals surface area contributed by atoms with Crippen LogP contribution < -0.4 is 16.0 Å². The van der Waals surface area contributed by atoms with Gasteiger partial charge < -0.3 is 15.4 Å². The fourth-order valence-electron chi connectivity index (χ4n) is 3.44. The van der Waals surface area contributed by atoms with E-state index in [0.717, 1.165) is 42.7 Å². The maximum atomic E-state index is 13.0. The Morgan fingerprint density at radius 1 is 1.13 bits per heavy atom. The lowest BCUT2D eigenvalue weighted by atomic mass is 10.1. The third-order valence-corrected chi connectivity index (χ3v) is 5.17.